The van der Waals surface area contributed by atoms with Crippen molar-refractivity contribution in [3.05, 3.63) is 15.8 Å². The third-order valence-corrected chi connectivity index (χ3v) is 3.03. The summed E-state index contributed by atoms with van der Waals surface area (Å²) in [5, 5.41) is 17.1. The first kappa shape index (κ1) is 13.8. The Morgan fingerprint density at radius 3 is 2.69 bits per heavy atom. The largest absolute Gasteiger partial charge is 0.488 e. The van der Waals surface area contributed by atoms with E-state index < -0.39 is 6.10 Å². The molecular formula is C11H18ClNO2S. The molecule has 0 saturated heterocycles. The molecule has 1 atom stereocenters. The van der Waals surface area contributed by atoms with E-state index >= 15 is 0 Å². The second kappa shape index (κ2) is 5.87. The molecule has 1 heterocycles. The van der Waals surface area contributed by atoms with Gasteiger partial charge in [0.05, 0.1) is 5.02 Å². The van der Waals surface area contributed by atoms with Crippen LogP contribution in [0.4, 0.5) is 0 Å². The molecular weight excluding hydrogens is 246 g/mol. The van der Waals surface area contributed by atoms with Gasteiger partial charge in [-0.3, -0.25) is 0 Å². The van der Waals surface area contributed by atoms with E-state index in [1.807, 2.05) is 5.38 Å². The van der Waals surface area contributed by atoms with Gasteiger partial charge in [-0.15, -0.1) is 11.3 Å². The molecule has 1 aromatic rings. The summed E-state index contributed by atoms with van der Waals surface area (Å²) in [6.07, 6.45) is -0.532. The molecule has 0 aliphatic heterocycles. The number of ether oxygens (including phenoxy) is 1. The average molecular weight is 264 g/mol. The van der Waals surface area contributed by atoms with Gasteiger partial charge in [-0.05, 0) is 20.8 Å². The van der Waals surface area contributed by atoms with Crippen LogP contribution in [0.25, 0.3) is 0 Å². The molecule has 92 valence electrons. The molecule has 0 aromatic carbocycles. The Morgan fingerprint density at radius 2 is 2.19 bits per heavy atom. The number of thiophene rings is 1. The van der Waals surface area contributed by atoms with E-state index in [0.717, 1.165) is 0 Å². The van der Waals surface area contributed by atoms with Crippen LogP contribution in [0.2, 0.25) is 5.02 Å². The molecule has 0 amide bonds. The van der Waals surface area contributed by atoms with E-state index in [0.29, 0.717) is 17.3 Å². The third kappa shape index (κ3) is 5.16. The number of hydrogen-bond donors (Lipinski definition) is 2. The molecule has 0 saturated carbocycles. The van der Waals surface area contributed by atoms with E-state index in [4.69, 9.17) is 16.3 Å². The molecule has 0 spiro atoms. The van der Waals surface area contributed by atoms with Crippen molar-refractivity contribution >= 4 is 22.9 Å². The van der Waals surface area contributed by atoms with Crippen molar-refractivity contribution in [2.75, 3.05) is 13.2 Å². The molecule has 0 aliphatic carbocycles. The van der Waals surface area contributed by atoms with Crippen molar-refractivity contribution in [3.63, 3.8) is 0 Å². The standard InChI is InChI=1S/C11H18ClNO2S/c1-11(2,3)13-4-8(14)5-15-10-7-16-6-9(10)12/h6-8,13-14H,4-5H2,1-3H3. The summed E-state index contributed by atoms with van der Waals surface area (Å²) in [5.41, 5.74) is 0.000998. The van der Waals surface area contributed by atoms with Crippen LogP contribution in [-0.4, -0.2) is 29.9 Å². The first-order chi connectivity index (χ1) is 7.38. The molecule has 0 aliphatic rings. The summed E-state index contributed by atoms with van der Waals surface area (Å²) in [4.78, 5) is 0. The lowest BCUT2D eigenvalue weighted by Gasteiger charge is -2.22. The summed E-state index contributed by atoms with van der Waals surface area (Å²) in [6, 6.07) is 0. The predicted molar refractivity (Wildman–Crippen MR) is 68.6 cm³/mol. The maximum atomic E-state index is 9.68. The topological polar surface area (TPSA) is 41.5 Å². The highest BCUT2D eigenvalue weighted by atomic mass is 35.5. The maximum Gasteiger partial charge on any atom is 0.148 e. The van der Waals surface area contributed by atoms with Gasteiger partial charge in [-0.1, -0.05) is 11.6 Å². The van der Waals surface area contributed by atoms with Gasteiger partial charge in [0, 0.05) is 22.8 Å². The Bertz CT molecular complexity index is 322. The van der Waals surface area contributed by atoms with Crippen LogP contribution in [0.15, 0.2) is 10.8 Å². The summed E-state index contributed by atoms with van der Waals surface area (Å²) in [5.74, 6) is 0.640. The number of hydrogen-bond acceptors (Lipinski definition) is 4. The Kier molecular flexibility index (Phi) is 5.05. The van der Waals surface area contributed by atoms with Crippen LogP contribution in [0.5, 0.6) is 5.75 Å². The van der Waals surface area contributed by atoms with Gasteiger partial charge in [0.15, 0.2) is 0 Å². The Labute approximate surface area is 105 Å². The Morgan fingerprint density at radius 1 is 1.50 bits per heavy atom. The fourth-order valence-corrected chi connectivity index (χ4v) is 1.99. The molecule has 0 radical (unpaired) electrons. The van der Waals surface area contributed by atoms with Gasteiger partial charge < -0.3 is 15.2 Å². The quantitative estimate of drug-likeness (QED) is 0.858. The van der Waals surface area contributed by atoms with Crippen molar-refractivity contribution in [2.24, 2.45) is 0 Å². The third-order valence-electron chi connectivity index (χ3n) is 1.88. The Balaban J connectivity index is 2.25. The van der Waals surface area contributed by atoms with Gasteiger partial charge in [0.1, 0.15) is 18.5 Å². The highest BCUT2D eigenvalue weighted by Crippen LogP contribution is 2.28. The molecule has 0 fully saturated rings. The van der Waals surface area contributed by atoms with E-state index in [-0.39, 0.29) is 12.1 Å². The molecule has 0 bridgehead atoms. The zero-order valence-electron chi connectivity index (χ0n) is 9.79. The lowest BCUT2D eigenvalue weighted by Crippen LogP contribution is -2.42. The van der Waals surface area contributed by atoms with Crippen LogP contribution >= 0.6 is 22.9 Å². The number of aliphatic hydroxyl groups excluding tert-OH is 1. The predicted octanol–water partition coefficient (Wildman–Crippen LogP) is 2.53. The number of nitrogens with one attached hydrogen (secondary N) is 1. The van der Waals surface area contributed by atoms with Gasteiger partial charge in [0.25, 0.3) is 0 Å². The monoisotopic (exact) mass is 263 g/mol. The van der Waals surface area contributed by atoms with E-state index in [1.54, 1.807) is 5.38 Å². The van der Waals surface area contributed by atoms with Crippen molar-refractivity contribution in [2.45, 2.75) is 32.4 Å². The molecule has 1 unspecified atom stereocenters. The lowest BCUT2D eigenvalue weighted by molar-refractivity contribution is 0.100. The summed E-state index contributed by atoms with van der Waals surface area (Å²) < 4.78 is 5.39. The summed E-state index contributed by atoms with van der Waals surface area (Å²) in [6.45, 7) is 6.91. The minimum absolute atomic E-state index is 0.000998. The van der Waals surface area contributed by atoms with Crippen molar-refractivity contribution < 1.29 is 9.84 Å². The Hall–Kier alpha value is -0.290. The molecule has 3 nitrogen and oxygen atoms in total. The maximum absolute atomic E-state index is 9.68. The first-order valence-electron chi connectivity index (χ1n) is 5.16. The highest BCUT2D eigenvalue weighted by Gasteiger charge is 2.13. The van der Waals surface area contributed by atoms with Crippen molar-refractivity contribution in [1.82, 2.24) is 5.32 Å². The molecule has 1 aromatic heterocycles. The van der Waals surface area contributed by atoms with Crippen LogP contribution in [-0.2, 0) is 0 Å². The lowest BCUT2D eigenvalue weighted by atomic mass is 10.1. The summed E-state index contributed by atoms with van der Waals surface area (Å²) in [7, 11) is 0. The minimum atomic E-state index is -0.532. The molecule has 5 heteroatoms. The van der Waals surface area contributed by atoms with Gasteiger partial charge in [-0.25, -0.2) is 0 Å². The van der Waals surface area contributed by atoms with Crippen LogP contribution < -0.4 is 10.1 Å². The zero-order chi connectivity index (χ0) is 12.2. The minimum Gasteiger partial charge on any atom is -0.488 e. The normalized spacial score (nSPS) is 13.8. The molecule has 2 N–H and O–H groups in total. The number of rotatable bonds is 5. The highest BCUT2D eigenvalue weighted by molar-refractivity contribution is 7.08. The van der Waals surface area contributed by atoms with Crippen LogP contribution in [0.3, 0.4) is 0 Å². The number of halogens is 1. The van der Waals surface area contributed by atoms with Crippen LogP contribution in [0, 0.1) is 0 Å². The van der Waals surface area contributed by atoms with E-state index in [2.05, 4.69) is 26.1 Å². The van der Waals surface area contributed by atoms with Crippen molar-refractivity contribution in [3.8, 4) is 5.75 Å². The first-order valence-corrected chi connectivity index (χ1v) is 6.48. The van der Waals surface area contributed by atoms with Crippen molar-refractivity contribution in [1.29, 1.82) is 0 Å². The molecule has 1 rings (SSSR count). The summed E-state index contributed by atoms with van der Waals surface area (Å²) >= 11 is 7.34. The zero-order valence-corrected chi connectivity index (χ0v) is 11.4. The van der Waals surface area contributed by atoms with E-state index in [1.165, 1.54) is 11.3 Å². The van der Waals surface area contributed by atoms with Gasteiger partial charge >= 0.3 is 0 Å². The van der Waals surface area contributed by atoms with E-state index in [9.17, 15) is 5.11 Å². The van der Waals surface area contributed by atoms with Gasteiger partial charge in [0.2, 0.25) is 0 Å². The van der Waals surface area contributed by atoms with Crippen LogP contribution in [0.1, 0.15) is 20.8 Å². The molecule has 16 heavy (non-hydrogen) atoms. The second-order valence-electron chi connectivity index (χ2n) is 4.68. The fraction of sp³-hybridized carbons (Fsp3) is 0.636. The number of β-amino-alcohol motifs (C(OH)–C–C–N with tert-alkyl or cyclic N) is 1. The average Bonchev–Trinajstić information content (AvgIpc) is 2.57. The van der Waals surface area contributed by atoms with Gasteiger partial charge in [-0.2, -0.15) is 0 Å². The second-order valence-corrected chi connectivity index (χ2v) is 5.83. The fourth-order valence-electron chi connectivity index (χ4n) is 1.04. The number of aliphatic hydroxyl groups is 1. The smallest absolute Gasteiger partial charge is 0.148 e. The SMILES string of the molecule is CC(C)(C)NCC(O)COc1cscc1Cl.